The highest BCUT2D eigenvalue weighted by Gasteiger charge is 2.36. The molecule has 2 unspecified atom stereocenters. The Morgan fingerprint density at radius 2 is 2.12 bits per heavy atom. The molecule has 92 valence electrons. The number of carbonyl (C=O) groups is 1. The Bertz CT molecular complexity index is 390. The minimum Gasteiger partial charge on any atom is -0.324 e. The van der Waals surface area contributed by atoms with Crippen LogP contribution in [0.4, 0.5) is 5.69 Å². The average molecular weight is 232 g/mol. The smallest absolute Gasteiger partial charge is 0.244 e. The van der Waals surface area contributed by atoms with Crippen molar-refractivity contribution in [2.45, 2.75) is 44.7 Å². The zero-order valence-corrected chi connectivity index (χ0v) is 10.5. The van der Waals surface area contributed by atoms with Crippen LogP contribution in [0.1, 0.15) is 33.1 Å². The molecule has 0 aliphatic carbocycles. The maximum absolute atomic E-state index is 12.3. The van der Waals surface area contributed by atoms with Gasteiger partial charge in [0.2, 0.25) is 5.91 Å². The Labute approximate surface area is 103 Å². The van der Waals surface area contributed by atoms with Gasteiger partial charge < -0.3 is 10.6 Å². The summed E-state index contributed by atoms with van der Waals surface area (Å²) < 4.78 is 0. The van der Waals surface area contributed by atoms with Gasteiger partial charge in [-0.3, -0.25) is 4.79 Å². The molecule has 17 heavy (non-hydrogen) atoms. The van der Waals surface area contributed by atoms with Crippen LogP contribution >= 0.6 is 0 Å². The summed E-state index contributed by atoms with van der Waals surface area (Å²) in [4.78, 5) is 12.3. The molecule has 2 atom stereocenters. The highest BCUT2D eigenvalue weighted by Crippen LogP contribution is 2.23. The Kier molecular flexibility index (Phi) is 3.48. The molecule has 2 N–H and O–H groups in total. The summed E-state index contributed by atoms with van der Waals surface area (Å²) in [6.45, 7) is 4.12. The fraction of sp³-hybridized carbons (Fsp3) is 0.500. The zero-order chi connectivity index (χ0) is 12.3. The van der Waals surface area contributed by atoms with Crippen molar-refractivity contribution in [1.82, 2.24) is 5.32 Å². The Hall–Kier alpha value is -1.35. The van der Waals surface area contributed by atoms with Gasteiger partial charge in [-0.1, -0.05) is 18.2 Å². The molecule has 0 radical (unpaired) electrons. The van der Waals surface area contributed by atoms with E-state index in [1.165, 1.54) is 0 Å². The van der Waals surface area contributed by atoms with E-state index in [0.29, 0.717) is 6.04 Å². The monoisotopic (exact) mass is 232 g/mol. The summed E-state index contributed by atoms with van der Waals surface area (Å²) in [6, 6.07) is 10.0. The minimum atomic E-state index is -0.437. The first-order valence-corrected chi connectivity index (χ1v) is 6.24. The van der Waals surface area contributed by atoms with Crippen LogP contribution in [-0.2, 0) is 4.79 Å². The summed E-state index contributed by atoms with van der Waals surface area (Å²) >= 11 is 0. The summed E-state index contributed by atoms with van der Waals surface area (Å²) in [5, 5.41) is 6.37. The van der Waals surface area contributed by atoms with Crippen LogP contribution in [0.15, 0.2) is 30.3 Å². The summed E-state index contributed by atoms with van der Waals surface area (Å²) in [5.41, 5.74) is 0.423. The number of nitrogens with one attached hydrogen (secondary N) is 2. The number of rotatable bonds is 2. The van der Waals surface area contributed by atoms with Crippen molar-refractivity contribution in [1.29, 1.82) is 0 Å². The lowest BCUT2D eigenvalue weighted by Crippen LogP contribution is -2.57. The topological polar surface area (TPSA) is 41.1 Å². The van der Waals surface area contributed by atoms with Crippen molar-refractivity contribution in [2.75, 3.05) is 5.32 Å². The van der Waals surface area contributed by atoms with E-state index >= 15 is 0 Å². The number of amides is 1. The normalized spacial score (nSPS) is 28.7. The third kappa shape index (κ3) is 2.86. The lowest BCUT2D eigenvalue weighted by Gasteiger charge is -2.37. The molecule has 0 bridgehead atoms. The fourth-order valence-electron chi connectivity index (χ4n) is 2.42. The van der Waals surface area contributed by atoms with Crippen molar-refractivity contribution in [2.24, 2.45) is 0 Å². The van der Waals surface area contributed by atoms with E-state index < -0.39 is 5.54 Å². The molecule has 1 fully saturated rings. The number of piperidine rings is 1. The van der Waals surface area contributed by atoms with Crippen molar-refractivity contribution >= 4 is 11.6 Å². The molecule has 3 nitrogen and oxygen atoms in total. The molecule has 0 aromatic heterocycles. The molecule has 0 saturated carbocycles. The van der Waals surface area contributed by atoms with E-state index in [4.69, 9.17) is 0 Å². The molecule has 1 aliphatic heterocycles. The number of anilines is 1. The molecular formula is C14H20N2O. The highest BCUT2D eigenvalue weighted by atomic mass is 16.2. The maximum Gasteiger partial charge on any atom is 0.244 e. The second kappa shape index (κ2) is 4.88. The van der Waals surface area contributed by atoms with Crippen LogP contribution in [0.5, 0.6) is 0 Å². The Balaban J connectivity index is 2.04. The van der Waals surface area contributed by atoms with Crippen LogP contribution < -0.4 is 10.6 Å². The van der Waals surface area contributed by atoms with E-state index in [9.17, 15) is 4.79 Å². The average Bonchev–Trinajstić information content (AvgIpc) is 2.30. The molecule has 1 amide bonds. The quantitative estimate of drug-likeness (QED) is 0.822. The number of benzene rings is 1. The van der Waals surface area contributed by atoms with Crippen molar-refractivity contribution in [3.8, 4) is 0 Å². The molecule has 2 rings (SSSR count). The third-order valence-corrected chi connectivity index (χ3v) is 3.41. The molecular weight excluding hydrogens is 212 g/mol. The largest absolute Gasteiger partial charge is 0.324 e. The molecule has 1 saturated heterocycles. The van der Waals surface area contributed by atoms with Crippen LogP contribution in [0.2, 0.25) is 0 Å². The van der Waals surface area contributed by atoms with Gasteiger partial charge in [0.05, 0.1) is 5.54 Å². The van der Waals surface area contributed by atoms with E-state index in [0.717, 1.165) is 24.9 Å². The highest BCUT2D eigenvalue weighted by molar-refractivity contribution is 5.97. The van der Waals surface area contributed by atoms with Crippen LogP contribution in [-0.4, -0.2) is 17.5 Å². The predicted octanol–water partition coefficient (Wildman–Crippen LogP) is 2.55. The van der Waals surface area contributed by atoms with Gasteiger partial charge in [-0.15, -0.1) is 0 Å². The van der Waals surface area contributed by atoms with Gasteiger partial charge >= 0.3 is 0 Å². The van der Waals surface area contributed by atoms with Crippen molar-refractivity contribution in [3.63, 3.8) is 0 Å². The molecule has 1 aromatic rings. The van der Waals surface area contributed by atoms with Gasteiger partial charge in [0.1, 0.15) is 0 Å². The van der Waals surface area contributed by atoms with E-state index in [1.807, 2.05) is 37.3 Å². The summed E-state index contributed by atoms with van der Waals surface area (Å²) in [7, 11) is 0. The zero-order valence-electron chi connectivity index (χ0n) is 10.5. The van der Waals surface area contributed by atoms with E-state index in [-0.39, 0.29) is 5.91 Å². The van der Waals surface area contributed by atoms with E-state index in [1.54, 1.807) is 0 Å². The lowest BCUT2D eigenvalue weighted by molar-refractivity contribution is -0.123. The first-order chi connectivity index (χ1) is 8.10. The van der Waals surface area contributed by atoms with Gasteiger partial charge in [0.15, 0.2) is 0 Å². The number of carbonyl (C=O) groups excluding carboxylic acids is 1. The number of hydrogen-bond acceptors (Lipinski definition) is 2. The van der Waals surface area contributed by atoms with Gasteiger partial charge in [-0.25, -0.2) is 0 Å². The molecule has 1 aromatic carbocycles. The number of para-hydroxylation sites is 1. The molecule has 3 heteroatoms. The molecule has 0 spiro atoms. The second-order valence-corrected chi connectivity index (χ2v) is 5.09. The number of hydrogen-bond donors (Lipinski definition) is 2. The summed E-state index contributed by atoms with van der Waals surface area (Å²) in [5.74, 6) is 0.0650. The first kappa shape index (κ1) is 12.1. The van der Waals surface area contributed by atoms with Gasteiger partial charge in [0.25, 0.3) is 0 Å². The van der Waals surface area contributed by atoms with Crippen LogP contribution in [0.25, 0.3) is 0 Å². The van der Waals surface area contributed by atoms with E-state index in [2.05, 4.69) is 17.6 Å². The van der Waals surface area contributed by atoms with Gasteiger partial charge in [-0.05, 0) is 45.2 Å². The van der Waals surface area contributed by atoms with Gasteiger partial charge in [-0.2, -0.15) is 0 Å². The Morgan fingerprint density at radius 1 is 1.41 bits per heavy atom. The third-order valence-electron chi connectivity index (χ3n) is 3.41. The molecule has 1 aliphatic rings. The van der Waals surface area contributed by atoms with Crippen LogP contribution in [0, 0.1) is 0 Å². The van der Waals surface area contributed by atoms with Crippen LogP contribution in [0.3, 0.4) is 0 Å². The lowest BCUT2D eigenvalue weighted by atomic mass is 9.87. The maximum atomic E-state index is 12.3. The fourth-order valence-corrected chi connectivity index (χ4v) is 2.42. The van der Waals surface area contributed by atoms with Crippen molar-refractivity contribution in [3.05, 3.63) is 30.3 Å². The standard InChI is InChI=1S/C14H20N2O/c1-11-7-6-10-14(2,16-11)13(17)15-12-8-4-3-5-9-12/h3-5,8-9,11,16H,6-7,10H2,1-2H3,(H,15,17). The Morgan fingerprint density at radius 3 is 2.76 bits per heavy atom. The predicted molar refractivity (Wildman–Crippen MR) is 69.9 cm³/mol. The minimum absolute atomic E-state index is 0.0650. The second-order valence-electron chi connectivity index (χ2n) is 5.09. The van der Waals surface area contributed by atoms with Crippen molar-refractivity contribution < 1.29 is 4.79 Å². The van der Waals surface area contributed by atoms with Gasteiger partial charge in [0, 0.05) is 11.7 Å². The summed E-state index contributed by atoms with van der Waals surface area (Å²) in [6.07, 6.45) is 3.15. The molecule has 1 heterocycles. The first-order valence-electron chi connectivity index (χ1n) is 6.24. The SMILES string of the molecule is CC1CCCC(C)(C(=O)Nc2ccccc2)N1.